The maximum atomic E-state index is 12.1. The minimum absolute atomic E-state index is 0.0856. The topological polar surface area (TPSA) is 73.9 Å². The molecule has 2 aliphatic rings. The van der Waals surface area contributed by atoms with Gasteiger partial charge in [0, 0.05) is 45.7 Å². The Labute approximate surface area is 148 Å². The first-order valence-electron chi connectivity index (χ1n) is 8.87. The van der Waals surface area contributed by atoms with Crippen LogP contribution < -0.4 is 10.6 Å². The van der Waals surface area contributed by atoms with Crippen molar-refractivity contribution in [1.82, 2.24) is 20.4 Å². The van der Waals surface area contributed by atoms with Crippen LogP contribution in [0.2, 0.25) is 0 Å². The molecule has 1 unspecified atom stereocenters. The molecule has 3 rings (SSSR count). The van der Waals surface area contributed by atoms with E-state index < -0.39 is 0 Å². The maximum Gasteiger partial charge on any atom is 0.315 e. The lowest BCUT2D eigenvalue weighted by molar-refractivity contribution is -0.128. The molecule has 25 heavy (non-hydrogen) atoms. The number of benzene rings is 1. The summed E-state index contributed by atoms with van der Waals surface area (Å²) < 4.78 is 5.30. The van der Waals surface area contributed by atoms with Crippen LogP contribution in [-0.4, -0.2) is 73.7 Å². The van der Waals surface area contributed by atoms with Crippen LogP contribution in [0, 0.1) is 0 Å². The van der Waals surface area contributed by atoms with Crippen molar-refractivity contribution in [2.75, 3.05) is 45.9 Å². The summed E-state index contributed by atoms with van der Waals surface area (Å²) in [6, 6.07) is 9.58. The van der Waals surface area contributed by atoms with Gasteiger partial charge in [-0.25, -0.2) is 4.79 Å². The monoisotopic (exact) mass is 346 g/mol. The highest BCUT2D eigenvalue weighted by atomic mass is 16.5. The fourth-order valence-electron chi connectivity index (χ4n) is 3.21. The van der Waals surface area contributed by atoms with Crippen LogP contribution in [0.15, 0.2) is 30.3 Å². The molecule has 0 aliphatic carbocycles. The number of hydrogen-bond donors (Lipinski definition) is 2. The smallest absolute Gasteiger partial charge is 0.315 e. The molecule has 0 bridgehead atoms. The van der Waals surface area contributed by atoms with Gasteiger partial charge in [-0.15, -0.1) is 0 Å². The molecule has 2 aliphatic heterocycles. The molecule has 2 heterocycles. The van der Waals surface area contributed by atoms with Gasteiger partial charge in [-0.1, -0.05) is 30.3 Å². The van der Waals surface area contributed by atoms with E-state index in [1.807, 2.05) is 30.3 Å². The first-order valence-corrected chi connectivity index (χ1v) is 8.87. The minimum atomic E-state index is -0.201. The Kier molecular flexibility index (Phi) is 6.25. The molecule has 7 nitrogen and oxygen atoms in total. The second-order valence-electron chi connectivity index (χ2n) is 6.52. The number of carbonyl (C=O) groups excluding carboxylic acids is 2. The molecule has 0 aromatic heterocycles. The van der Waals surface area contributed by atoms with Crippen molar-refractivity contribution in [3.05, 3.63) is 35.9 Å². The third-order valence-electron chi connectivity index (χ3n) is 4.58. The van der Waals surface area contributed by atoms with Gasteiger partial charge in [0.05, 0.1) is 19.3 Å². The maximum absolute atomic E-state index is 12.1. The van der Waals surface area contributed by atoms with Crippen LogP contribution in [0.5, 0.6) is 0 Å². The van der Waals surface area contributed by atoms with Crippen molar-refractivity contribution in [2.45, 2.75) is 19.0 Å². The fraction of sp³-hybridized carbons (Fsp3) is 0.556. The van der Waals surface area contributed by atoms with E-state index in [0.29, 0.717) is 26.1 Å². The molecule has 0 radical (unpaired) electrons. The molecule has 0 saturated carbocycles. The fourth-order valence-corrected chi connectivity index (χ4v) is 3.21. The van der Waals surface area contributed by atoms with Gasteiger partial charge in [-0.3, -0.25) is 9.69 Å². The van der Waals surface area contributed by atoms with Gasteiger partial charge in [0.1, 0.15) is 0 Å². The summed E-state index contributed by atoms with van der Waals surface area (Å²) in [6.07, 6.45) is 0.365. The molecule has 136 valence electrons. The summed E-state index contributed by atoms with van der Waals surface area (Å²) >= 11 is 0. The van der Waals surface area contributed by atoms with Crippen molar-refractivity contribution < 1.29 is 14.3 Å². The van der Waals surface area contributed by atoms with E-state index in [-0.39, 0.29) is 18.0 Å². The van der Waals surface area contributed by atoms with E-state index in [2.05, 4.69) is 15.5 Å². The zero-order valence-corrected chi connectivity index (χ0v) is 14.4. The molecule has 2 fully saturated rings. The SMILES string of the molecule is O=C(NCCN1CCOCC1)NC1CC(=O)N(Cc2ccccc2)C1. The summed E-state index contributed by atoms with van der Waals surface area (Å²) in [5, 5.41) is 5.78. The standard InChI is InChI=1S/C18H26N4O3/c23-17-12-16(14-22(17)13-15-4-2-1-3-5-15)20-18(24)19-6-7-21-8-10-25-11-9-21/h1-5,16H,6-14H2,(H2,19,20,24). The van der Waals surface area contributed by atoms with Crippen LogP contribution in [0.25, 0.3) is 0 Å². The number of nitrogens with zero attached hydrogens (tertiary/aromatic N) is 2. The molecule has 2 N–H and O–H groups in total. The number of rotatable bonds is 6. The van der Waals surface area contributed by atoms with Crippen molar-refractivity contribution >= 4 is 11.9 Å². The van der Waals surface area contributed by atoms with E-state index in [1.54, 1.807) is 4.90 Å². The van der Waals surface area contributed by atoms with Crippen LogP contribution in [-0.2, 0) is 16.1 Å². The van der Waals surface area contributed by atoms with Crippen LogP contribution in [0.3, 0.4) is 0 Å². The predicted octanol–water partition coefficient (Wildman–Crippen LogP) is 0.419. The number of likely N-dealkylation sites (tertiary alicyclic amines) is 1. The molecule has 3 amide bonds. The molecular formula is C18H26N4O3. The second kappa shape index (κ2) is 8.82. The van der Waals surface area contributed by atoms with Gasteiger partial charge < -0.3 is 20.3 Å². The summed E-state index contributed by atoms with van der Waals surface area (Å²) in [6.45, 7) is 5.91. The highest BCUT2D eigenvalue weighted by molar-refractivity contribution is 5.81. The highest BCUT2D eigenvalue weighted by Crippen LogP contribution is 2.14. The lowest BCUT2D eigenvalue weighted by atomic mass is 10.2. The average molecular weight is 346 g/mol. The molecule has 2 saturated heterocycles. The van der Waals surface area contributed by atoms with Crippen LogP contribution >= 0.6 is 0 Å². The Morgan fingerprint density at radius 1 is 1.20 bits per heavy atom. The number of carbonyl (C=O) groups is 2. The summed E-state index contributed by atoms with van der Waals surface area (Å²) in [4.78, 5) is 28.2. The van der Waals surface area contributed by atoms with Gasteiger partial charge in [0.25, 0.3) is 0 Å². The largest absolute Gasteiger partial charge is 0.379 e. The minimum Gasteiger partial charge on any atom is -0.379 e. The van der Waals surface area contributed by atoms with E-state index in [9.17, 15) is 9.59 Å². The van der Waals surface area contributed by atoms with Crippen molar-refractivity contribution in [2.24, 2.45) is 0 Å². The number of amides is 3. The molecule has 1 aromatic rings. The van der Waals surface area contributed by atoms with Crippen molar-refractivity contribution in [3.8, 4) is 0 Å². The first kappa shape index (κ1) is 17.7. The Bertz CT molecular complexity index is 575. The van der Waals surface area contributed by atoms with Gasteiger partial charge in [0.2, 0.25) is 5.91 Å². The van der Waals surface area contributed by atoms with Gasteiger partial charge >= 0.3 is 6.03 Å². The highest BCUT2D eigenvalue weighted by Gasteiger charge is 2.30. The predicted molar refractivity (Wildman–Crippen MR) is 94.1 cm³/mol. The third kappa shape index (κ3) is 5.44. The van der Waals surface area contributed by atoms with E-state index in [0.717, 1.165) is 38.4 Å². The van der Waals surface area contributed by atoms with Crippen LogP contribution in [0.1, 0.15) is 12.0 Å². The molecule has 0 spiro atoms. The molecule has 1 aromatic carbocycles. The van der Waals surface area contributed by atoms with E-state index in [4.69, 9.17) is 4.74 Å². The zero-order valence-electron chi connectivity index (χ0n) is 14.4. The lowest BCUT2D eigenvalue weighted by Gasteiger charge is -2.26. The molecular weight excluding hydrogens is 320 g/mol. The first-order chi connectivity index (χ1) is 12.2. The van der Waals surface area contributed by atoms with Gasteiger partial charge in [-0.2, -0.15) is 0 Å². The normalized spacial score (nSPS) is 21.4. The van der Waals surface area contributed by atoms with Gasteiger partial charge in [-0.05, 0) is 5.56 Å². The third-order valence-corrected chi connectivity index (χ3v) is 4.58. The Hall–Kier alpha value is -2.12. The second-order valence-corrected chi connectivity index (χ2v) is 6.52. The summed E-state index contributed by atoms with van der Waals surface area (Å²) in [5.74, 6) is 0.0856. The zero-order chi connectivity index (χ0) is 17.5. The molecule has 7 heteroatoms. The number of morpholine rings is 1. The number of urea groups is 1. The Morgan fingerprint density at radius 3 is 2.72 bits per heavy atom. The van der Waals surface area contributed by atoms with Crippen molar-refractivity contribution in [1.29, 1.82) is 0 Å². The Balaban J connectivity index is 1.36. The summed E-state index contributed by atoms with van der Waals surface area (Å²) in [7, 11) is 0. The van der Waals surface area contributed by atoms with Crippen LogP contribution in [0.4, 0.5) is 4.79 Å². The quantitative estimate of drug-likeness (QED) is 0.783. The van der Waals surface area contributed by atoms with Crippen molar-refractivity contribution in [3.63, 3.8) is 0 Å². The number of hydrogen-bond acceptors (Lipinski definition) is 4. The Morgan fingerprint density at radius 2 is 1.96 bits per heavy atom. The van der Waals surface area contributed by atoms with Gasteiger partial charge in [0.15, 0.2) is 0 Å². The number of ether oxygens (including phenoxy) is 1. The average Bonchev–Trinajstić information content (AvgIpc) is 2.96. The molecule has 1 atom stereocenters. The number of nitrogens with one attached hydrogen (secondary N) is 2. The van der Waals surface area contributed by atoms with E-state index >= 15 is 0 Å². The van der Waals surface area contributed by atoms with E-state index in [1.165, 1.54) is 0 Å². The summed E-state index contributed by atoms with van der Waals surface area (Å²) in [5.41, 5.74) is 1.10. The lowest BCUT2D eigenvalue weighted by Crippen LogP contribution is -2.46.